The number of nitrogens with zero attached hydrogens (tertiary/aromatic N) is 1. The quantitative estimate of drug-likeness (QED) is 0.848. The molecule has 0 radical (unpaired) electrons. The molecule has 1 N–H and O–H groups in total. The summed E-state index contributed by atoms with van der Waals surface area (Å²) in [6, 6.07) is 11.4. The third kappa shape index (κ3) is 3.13. The van der Waals surface area contributed by atoms with Gasteiger partial charge in [-0.3, -0.25) is 4.79 Å². The lowest BCUT2D eigenvalue weighted by molar-refractivity contribution is -0.144. The van der Waals surface area contributed by atoms with E-state index in [2.05, 4.69) is 5.32 Å². The van der Waals surface area contributed by atoms with Crippen LogP contribution in [0.5, 0.6) is 0 Å². The molecule has 3 nitrogen and oxygen atoms in total. The van der Waals surface area contributed by atoms with Gasteiger partial charge in [-0.2, -0.15) is 13.2 Å². The van der Waals surface area contributed by atoms with Gasteiger partial charge in [0.15, 0.2) is 0 Å². The molecular formula is C16H12F4N2O. The molecule has 1 atom stereocenters. The number of anilines is 1. The Kier molecular flexibility index (Phi) is 3.71. The monoisotopic (exact) mass is 324 g/mol. The zero-order valence-electron chi connectivity index (χ0n) is 11.8. The molecule has 1 heterocycles. The van der Waals surface area contributed by atoms with Crippen molar-refractivity contribution in [3.63, 3.8) is 0 Å². The van der Waals surface area contributed by atoms with Crippen LogP contribution in [0.3, 0.4) is 0 Å². The number of nitrogens with one attached hydrogen (secondary N) is 1. The van der Waals surface area contributed by atoms with Crippen LogP contribution in [0.4, 0.5) is 23.2 Å². The molecule has 0 bridgehead atoms. The van der Waals surface area contributed by atoms with Crippen molar-refractivity contribution < 1.29 is 22.4 Å². The number of fused-ring (bicyclic) bond motifs is 1. The third-order valence-electron chi connectivity index (χ3n) is 3.56. The van der Waals surface area contributed by atoms with E-state index in [1.54, 1.807) is 18.2 Å². The maximum Gasteiger partial charge on any atom is 0.406 e. The Hall–Kier alpha value is -2.57. The van der Waals surface area contributed by atoms with Crippen molar-refractivity contribution in [2.75, 3.05) is 11.9 Å². The number of benzene rings is 2. The molecule has 23 heavy (non-hydrogen) atoms. The van der Waals surface area contributed by atoms with Gasteiger partial charge in [-0.15, -0.1) is 0 Å². The molecule has 0 aliphatic carbocycles. The summed E-state index contributed by atoms with van der Waals surface area (Å²) in [6.45, 7) is -1.39. The van der Waals surface area contributed by atoms with Gasteiger partial charge in [-0.1, -0.05) is 24.3 Å². The Morgan fingerprint density at radius 1 is 1.04 bits per heavy atom. The topological polar surface area (TPSA) is 32.3 Å². The van der Waals surface area contributed by atoms with Crippen LogP contribution in [0, 0.1) is 5.82 Å². The van der Waals surface area contributed by atoms with Crippen molar-refractivity contribution in [1.82, 2.24) is 4.90 Å². The summed E-state index contributed by atoms with van der Waals surface area (Å²) in [6.07, 6.45) is -5.55. The fourth-order valence-corrected chi connectivity index (χ4v) is 2.56. The number of hydrogen-bond acceptors (Lipinski definition) is 2. The van der Waals surface area contributed by atoms with Gasteiger partial charge in [-0.25, -0.2) is 4.39 Å². The zero-order chi connectivity index (χ0) is 16.6. The first-order valence-corrected chi connectivity index (χ1v) is 6.84. The number of carbonyl (C=O) groups is 1. The van der Waals surface area contributed by atoms with Crippen LogP contribution in [0.15, 0.2) is 48.5 Å². The first-order chi connectivity index (χ1) is 10.8. The van der Waals surface area contributed by atoms with Crippen molar-refractivity contribution in [3.05, 3.63) is 65.5 Å². The Morgan fingerprint density at radius 3 is 2.35 bits per heavy atom. The summed E-state index contributed by atoms with van der Waals surface area (Å²) < 4.78 is 51.6. The summed E-state index contributed by atoms with van der Waals surface area (Å²) in [7, 11) is 0. The lowest BCUT2D eigenvalue weighted by atomic mass is 10.0. The number of halogens is 4. The Bertz CT molecular complexity index is 728. The van der Waals surface area contributed by atoms with E-state index in [0.717, 1.165) is 12.1 Å². The van der Waals surface area contributed by atoms with Crippen LogP contribution < -0.4 is 5.32 Å². The van der Waals surface area contributed by atoms with Crippen LogP contribution in [0.2, 0.25) is 0 Å². The van der Waals surface area contributed by atoms with E-state index >= 15 is 0 Å². The maximum absolute atomic E-state index is 13.1. The molecule has 1 aliphatic rings. The third-order valence-corrected chi connectivity index (χ3v) is 3.56. The highest BCUT2D eigenvalue weighted by Crippen LogP contribution is 2.35. The van der Waals surface area contributed by atoms with E-state index in [1.807, 2.05) is 0 Å². The van der Waals surface area contributed by atoms with Crippen LogP contribution >= 0.6 is 0 Å². The highest BCUT2D eigenvalue weighted by Gasteiger charge is 2.40. The Labute approximate surface area is 129 Å². The summed E-state index contributed by atoms with van der Waals surface area (Å²) in [5.74, 6) is -1.22. The van der Waals surface area contributed by atoms with Crippen molar-refractivity contribution in [2.45, 2.75) is 12.3 Å². The van der Waals surface area contributed by atoms with Gasteiger partial charge in [0, 0.05) is 5.69 Å². The lowest BCUT2D eigenvalue weighted by Crippen LogP contribution is -2.47. The van der Waals surface area contributed by atoms with Gasteiger partial charge in [-0.05, 0) is 29.8 Å². The molecular weight excluding hydrogens is 312 g/mol. The van der Waals surface area contributed by atoms with Gasteiger partial charge < -0.3 is 10.2 Å². The fourth-order valence-electron chi connectivity index (χ4n) is 2.56. The van der Waals surface area contributed by atoms with Gasteiger partial charge in [0.25, 0.3) is 5.91 Å². The molecule has 0 unspecified atom stereocenters. The fraction of sp³-hybridized carbons (Fsp3) is 0.188. The van der Waals surface area contributed by atoms with Gasteiger partial charge >= 0.3 is 6.18 Å². The SMILES string of the molecule is O=C1c2ccccc2N[C@@H](c2ccc(F)cc2)N1CC(F)(F)F. The highest BCUT2D eigenvalue weighted by molar-refractivity contribution is 6.01. The number of carbonyl (C=O) groups excluding carboxylic acids is 1. The zero-order valence-corrected chi connectivity index (χ0v) is 11.8. The average molecular weight is 324 g/mol. The van der Waals surface area contributed by atoms with Gasteiger partial charge in [0.05, 0.1) is 5.56 Å². The minimum atomic E-state index is -4.54. The molecule has 120 valence electrons. The van der Waals surface area contributed by atoms with E-state index in [9.17, 15) is 22.4 Å². The number of hydrogen-bond donors (Lipinski definition) is 1. The number of para-hydroxylation sites is 1. The average Bonchev–Trinajstić information content (AvgIpc) is 2.50. The van der Waals surface area contributed by atoms with Gasteiger partial charge in [0.2, 0.25) is 0 Å². The van der Waals surface area contributed by atoms with Gasteiger partial charge in [0.1, 0.15) is 18.5 Å². The molecule has 2 aromatic rings. The number of alkyl halides is 3. The predicted octanol–water partition coefficient (Wildman–Crippen LogP) is 3.95. The molecule has 0 saturated heterocycles. The van der Waals surface area contributed by atoms with E-state index in [-0.39, 0.29) is 5.56 Å². The summed E-state index contributed by atoms with van der Waals surface area (Å²) in [5.41, 5.74) is 0.999. The highest BCUT2D eigenvalue weighted by atomic mass is 19.4. The first-order valence-electron chi connectivity index (χ1n) is 6.84. The van der Waals surface area contributed by atoms with E-state index in [0.29, 0.717) is 16.2 Å². The second kappa shape index (κ2) is 5.57. The van der Waals surface area contributed by atoms with Crippen LogP contribution in [0.1, 0.15) is 22.1 Å². The molecule has 3 rings (SSSR count). The smallest absolute Gasteiger partial charge is 0.361 e. The molecule has 1 aliphatic heterocycles. The van der Waals surface area contributed by atoms with E-state index < -0.39 is 30.6 Å². The second-order valence-corrected chi connectivity index (χ2v) is 5.19. The molecule has 7 heteroatoms. The molecule has 0 aromatic heterocycles. The van der Waals surface area contributed by atoms with Crippen LogP contribution in [-0.2, 0) is 0 Å². The first kappa shape index (κ1) is 15.3. The summed E-state index contributed by atoms with van der Waals surface area (Å²) in [5, 5.41) is 2.92. The number of rotatable bonds is 2. The van der Waals surface area contributed by atoms with Crippen molar-refractivity contribution in [2.24, 2.45) is 0 Å². The standard InChI is InChI=1S/C16H12F4N2O/c17-11-7-5-10(6-8-11)14-21-13-4-2-1-3-12(13)15(23)22(14)9-16(18,19)20/h1-8,14,21H,9H2/t14-/m1/s1. The Morgan fingerprint density at radius 2 is 1.70 bits per heavy atom. The lowest BCUT2D eigenvalue weighted by Gasteiger charge is -2.38. The summed E-state index contributed by atoms with van der Waals surface area (Å²) in [4.78, 5) is 13.2. The predicted molar refractivity (Wildman–Crippen MR) is 76.3 cm³/mol. The van der Waals surface area contributed by atoms with Crippen molar-refractivity contribution >= 4 is 11.6 Å². The minimum Gasteiger partial charge on any atom is -0.361 e. The van der Waals surface area contributed by atoms with Crippen molar-refractivity contribution in [1.29, 1.82) is 0 Å². The molecule has 0 fully saturated rings. The second-order valence-electron chi connectivity index (χ2n) is 5.19. The molecule has 1 amide bonds. The molecule has 0 saturated carbocycles. The largest absolute Gasteiger partial charge is 0.406 e. The minimum absolute atomic E-state index is 0.176. The van der Waals surface area contributed by atoms with E-state index in [1.165, 1.54) is 18.2 Å². The maximum atomic E-state index is 13.1. The summed E-state index contributed by atoms with van der Waals surface area (Å²) >= 11 is 0. The Balaban J connectivity index is 2.04. The number of amides is 1. The molecule has 0 spiro atoms. The molecule has 2 aromatic carbocycles. The van der Waals surface area contributed by atoms with Crippen LogP contribution in [0.25, 0.3) is 0 Å². The van der Waals surface area contributed by atoms with Crippen LogP contribution in [-0.4, -0.2) is 23.5 Å². The van der Waals surface area contributed by atoms with Crippen molar-refractivity contribution in [3.8, 4) is 0 Å². The van der Waals surface area contributed by atoms with E-state index in [4.69, 9.17) is 0 Å². The normalized spacial score (nSPS) is 17.7.